The predicted octanol–water partition coefficient (Wildman–Crippen LogP) is 1.88. The molecule has 0 aromatic rings. The first-order valence-corrected chi connectivity index (χ1v) is 7.97. The second-order valence-corrected chi connectivity index (χ2v) is 6.87. The van der Waals surface area contributed by atoms with Crippen LogP contribution in [0.1, 0.15) is 13.3 Å². The number of rotatable bonds is 3. The molecule has 0 N–H and O–H groups in total. The molecule has 1 aliphatic carbocycles. The van der Waals surface area contributed by atoms with Crippen molar-refractivity contribution in [3.05, 3.63) is 49.1 Å². The number of fused-ring (bicyclic) bond motifs is 3. The van der Waals surface area contributed by atoms with E-state index in [0.29, 0.717) is 6.42 Å². The van der Waals surface area contributed by atoms with Crippen molar-refractivity contribution in [2.75, 3.05) is 6.61 Å². The summed E-state index contributed by atoms with van der Waals surface area (Å²) in [5.41, 5.74) is -0.0132. The number of carbonyl (C=O) groups excluding carboxylic acids is 3. The van der Waals surface area contributed by atoms with Crippen LogP contribution in [-0.2, 0) is 28.6 Å². The van der Waals surface area contributed by atoms with E-state index in [9.17, 15) is 14.4 Å². The summed E-state index contributed by atoms with van der Waals surface area (Å²) in [4.78, 5) is 36.2. The Bertz CT molecular complexity index is 732. The quantitative estimate of drug-likeness (QED) is 0.337. The summed E-state index contributed by atoms with van der Waals surface area (Å²) < 4.78 is 16.3. The van der Waals surface area contributed by atoms with Gasteiger partial charge in [0, 0.05) is 28.1 Å². The Hall–Kier alpha value is -2.63. The van der Waals surface area contributed by atoms with Gasteiger partial charge in [0.1, 0.15) is 18.8 Å². The largest absolute Gasteiger partial charge is 0.461 e. The second-order valence-electron chi connectivity index (χ2n) is 6.87. The fraction of sp³-hybridized carbons (Fsp3) is 0.421. The number of hydrogen-bond donors (Lipinski definition) is 0. The smallest absolute Gasteiger partial charge is 0.334 e. The Morgan fingerprint density at radius 2 is 1.96 bits per heavy atom. The highest BCUT2D eigenvalue weighted by atomic mass is 16.6. The molecule has 0 amide bonds. The van der Waals surface area contributed by atoms with Crippen LogP contribution in [0.15, 0.2) is 49.1 Å². The lowest BCUT2D eigenvalue weighted by atomic mass is 9.57. The molecule has 0 aromatic carbocycles. The van der Waals surface area contributed by atoms with Crippen molar-refractivity contribution >= 4 is 17.9 Å². The molecule has 3 rings (SSSR count). The highest BCUT2D eigenvalue weighted by Crippen LogP contribution is 2.55. The first kappa shape index (κ1) is 17.2. The third-order valence-electron chi connectivity index (χ3n) is 5.31. The molecule has 0 spiro atoms. The maximum absolute atomic E-state index is 12.1. The van der Waals surface area contributed by atoms with Gasteiger partial charge in [-0.25, -0.2) is 14.4 Å². The molecule has 2 aliphatic heterocycles. The molecular weight excluding hydrogens is 324 g/mol. The van der Waals surface area contributed by atoms with Gasteiger partial charge in [-0.3, -0.25) is 0 Å². The zero-order valence-corrected chi connectivity index (χ0v) is 14.1. The molecule has 0 aromatic heterocycles. The molecule has 132 valence electrons. The zero-order chi connectivity index (χ0) is 18.5. The van der Waals surface area contributed by atoms with E-state index >= 15 is 0 Å². The van der Waals surface area contributed by atoms with Crippen LogP contribution in [0.5, 0.6) is 0 Å². The average molecular weight is 344 g/mol. The van der Waals surface area contributed by atoms with E-state index in [-0.39, 0.29) is 23.3 Å². The van der Waals surface area contributed by atoms with Gasteiger partial charge in [0.25, 0.3) is 0 Å². The lowest BCUT2D eigenvalue weighted by molar-refractivity contribution is -0.176. The van der Waals surface area contributed by atoms with Crippen LogP contribution in [0, 0.1) is 17.3 Å². The molecule has 3 aliphatic rings. The number of esters is 3. The minimum atomic E-state index is -0.725. The number of ether oxygens (including phenoxy) is 3. The van der Waals surface area contributed by atoms with Crippen molar-refractivity contribution in [3.63, 3.8) is 0 Å². The van der Waals surface area contributed by atoms with Crippen molar-refractivity contribution in [2.24, 2.45) is 17.3 Å². The summed E-state index contributed by atoms with van der Waals surface area (Å²) in [5.74, 6) is -2.67. The van der Waals surface area contributed by atoms with Crippen LogP contribution in [0.4, 0.5) is 0 Å². The summed E-state index contributed by atoms with van der Waals surface area (Å²) in [7, 11) is 0. The van der Waals surface area contributed by atoms with E-state index < -0.39 is 47.4 Å². The Balaban J connectivity index is 2.05. The van der Waals surface area contributed by atoms with E-state index in [2.05, 4.69) is 26.3 Å². The lowest BCUT2D eigenvalue weighted by Crippen LogP contribution is -2.57. The standard InChI is InChI=1S/C19H20O6/c1-6-19-7-12(24-16(20)9(2)3)13-10(4)18(22)25-15(13)14(19)11(5)17(21)23-8-19/h6,12-15H,1-2,4-5,7-8H2,3H3/t12-,13+,14+,15-,19+/m0/s1. The third-order valence-corrected chi connectivity index (χ3v) is 5.31. The molecule has 1 saturated carbocycles. The third kappa shape index (κ3) is 2.44. The van der Waals surface area contributed by atoms with Gasteiger partial charge in [0.05, 0.1) is 5.92 Å². The maximum Gasteiger partial charge on any atom is 0.334 e. The van der Waals surface area contributed by atoms with Crippen molar-refractivity contribution in [3.8, 4) is 0 Å². The SMILES string of the molecule is C=C[C@@]12COC(=O)C(=C)[C@@H]1[C@H]1OC(=O)C(=C)[C@@H]1[C@@H](OC(=O)C(=C)C)C2. The number of hydrogen-bond acceptors (Lipinski definition) is 6. The molecule has 5 atom stereocenters. The highest BCUT2D eigenvalue weighted by Gasteiger charge is 2.62. The van der Waals surface area contributed by atoms with Crippen molar-refractivity contribution in [1.82, 2.24) is 0 Å². The van der Waals surface area contributed by atoms with Crippen molar-refractivity contribution in [2.45, 2.75) is 25.6 Å². The van der Waals surface area contributed by atoms with Crippen molar-refractivity contribution < 1.29 is 28.6 Å². The van der Waals surface area contributed by atoms with Gasteiger partial charge in [-0.2, -0.15) is 0 Å². The number of carbonyl (C=O) groups is 3. The normalized spacial score (nSPS) is 36.7. The molecule has 6 nitrogen and oxygen atoms in total. The monoisotopic (exact) mass is 344 g/mol. The van der Waals surface area contributed by atoms with E-state index in [0.717, 1.165) is 0 Å². The summed E-state index contributed by atoms with van der Waals surface area (Å²) in [6.07, 6.45) is 0.632. The average Bonchev–Trinajstić information content (AvgIpc) is 2.86. The van der Waals surface area contributed by atoms with Crippen LogP contribution in [0.3, 0.4) is 0 Å². The first-order valence-electron chi connectivity index (χ1n) is 7.97. The molecule has 0 unspecified atom stereocenters. The molecule has 0 bridgehead atoms. The number of cyclic esters (lactones) is 1. The fourth-order valence-corrected chi connectivity index (χ4v) is 4.01. The van der Waals surface area contributed by atoms with Gasteiger partial charge in [-0.15, -0.1) is 6.58 Å². The zero-order valence-electron chi connectivity index (χ0n) is 14.1. The van der Waals surface area contributed by atoms with E-state index in [1.54, 1.807) is 13.0 Å². The van der Waals surface area contributed by atoms with Crippen molar-refractivity contribution in [1.29, 1.82) is 0 Å². The lowest BCUT2D eigenvalue weighted by Gasteiger charge is -2.51. The summed E-state index contributed by atoms with van der Waals surface area (Å²) in [5, 5.41) is 0. The predicted molar refractivity (Wildman–Crippen MR) is 88.0 cm³/mol. The van der Waals surface area contributed by atoms with E-state index in [4.69, 9.17) is 14.2 Å². The fourth-order valence-electron chi connectivity index (χ4n) is 4.01. The van der Waals surface area contributed by atoms with Crippen LogP contribution in [-0.4, -0.2) is 36.7 Å². The molecule has 0 radical (unpaired) electrons. The van der Waals surface area contributed by atoms with Gasteiger partial charge < -0.3 is 14.2 Å². The van der Waals surface area contributed by atoms with E-state index in [1.807, 2.05) is 0 Å². The minimum absolute atomic E-state index is 0.0629. The Morgan fingerprint density at radius 3 is 2.56 bits per heavy atom. The highest BCUT2D eigenvalue weighted by molar-refractivity contribution is 5.93. The van der Waals surface area contributed by atoms with Gasteiger partial charge >= 0.3 is 17.9 Å². The molecule has 2 heterocycles. The van der Waals surface area contributed by atoms with Gasteiger partial charge in [-0.05, 0) is 13.3 Å². The van der Waals surface area contributed by atoms with Gasteiger partial charge in [0.15, 0.2) is 0 Å². The summed E-state index contributed by atoms with van der Waals surface area (Å²) in [6.45, 7) is 16.7. The summed E-state index contributed by atoms with van der Waals surface area (Å²) >= 11 is 0. The molecule has 2 saturated heterocycles. The molecule has 3 fully saturated rings. The Morgan fingerprint density at radius 1 is 1.28 bits per heavy atom. The minimum Gasteiger partial charge on any atom is -0.461 e. The molecule has 25 heavy (non-hydrogen) atoms. The summed E-state index contributed by atoms with van der Waals surface area (Å²) in [6, 6.07) is 0. The van der Waals surface area contributed by atoms with Gasteiger partial charge in [0.2, 0.25) is 0 Å². The van der Waals surface area contributed by atoms with Crippen LogP contribution in [0.25, 0.3) is 0 Å². The molecular formula is C19H20O6. The van der Waals surface area contributed by atoms with E-state index in [1.165, 1.54) is 0 Å². The first-order chi connectivity index (χ1) is 11.7. The van der Waals surface area contributed by atoms with Crippen LogP contribution >= 0.6 is 0 Å². The topological polar surface area (TPSA) is 78.9 Å². The second kappa shape index (κ2) is 5.72. The van der Waals surface area contributed by atoms with Crippen LogP contribution < -0.4 is 0 Å². The Labute approximate surface area is 145 Å². The van der Waals surface area contributed by atoms with Crippen LogP contribution in [0.2, 0.25) is 0 Å². The Kier molecular flexibility index (Phi) is 3.94. The van der Waals surface area contributed by atoms with Gasteiger partial charge in [-0.1, -0.05) is 25.8 Å². The maximum atomic E-state index is 12.1. The molecule has 6 heteroatoms.